The van der Waals surface area contributed by atoms with Gasteiger partial charge in [-0.15, -0.1) is 0 Å². The summed E-state index contributed by atoms with van der Waals surface area (Å²) in [5.74, 6) is 0.214. The lowest BCUT2D eigenvalue weighted by Crippen LogP contribution is -2.28. The first-order valence-corrected chi connectivity index (χ1v) is 7.33. The summed E-state index contributed by atoms with van der Waals surface area (Å²) in [6.45, 7) is 4.44. The van der Waals surface area contributed by atoms with E-state index in [4.69, 9.17) is 0 Å². The van der Waals surface area contributed by atoms with E-state index < -0.39 is 0 Å². The molecule has 0 saturated heterocycles. The predicted molar refractivity (Wildman–Crippen MR) is 78.1 cm³/mol. The second kappa shape index (κ2) is 5.44. The average Bonchev–Trinajstić information content (AvgIpc) is 3.02. The highest BCUT2D eigenvalue weighted by atomic mass is 16.3. The van der Waals surface area contributed by atoms with Gasteiger partial charge in [0.1, 0.15) is 5.56 Å². The maximum atomic E-state index is 12.3. The lowest BCUT2D eigenvalue weighted by atomic mass is 10.1. The molecule has 21 heavy (non-hydrogen) atoms. The summed E-state index contributed by atoms with van der Waals surface area (Å²) in [5.41, 5.74) is 2.92. The standard InChI is InChI=1S/C15H20N4O2/c1-9-5-10(2)19-14(18-9)13(8-17-19)15(21)16-7-11-3-4-12(20)6-11/h5,8,11-12,20H,3-4,6-7H2,1-2H3,(H,16,21). The van der Waals surface area contributed by atoms with Crippen LogP contribution in [0.25, 0.3) is 5.65 Å². The third kappa shape index (κ3) is 2.76. The summed E-state index contributed by atoms with van der Waals surface area (Å²) in [4.78, 5) is 16.7. The van der Waals surface area contributed by atoms with Crippen LogP contribution in [0, 0.1) is 19.8 Å². The van der Waals surface area contributed by atoms with Crippen LogP contribution in [0.4, 0.5) is 0 Å². The van der Waals surface area contributed by atoms with Crippen molar-refractivity contribution in [3.63, 3.8) is 0 Å². The summed E-state index contributed by atoms with van der Waals surface area (Å²) in [6.07, 6.45) is 3.92. The highest BCUT2D eigenvalue weighted by molar-refractivity contribution is 5.99. The molecular formula is C15H20N4O2. The van der Waals surface area contributed by atoms with E-state index in [9.17, 15) is 9.90 Å². The van der Waals surface area contributed by atoms with Crippen LogP contribution in [0.2, 0.25) is 0 Å². The van der Waals surface area contributed by atoms with Crippen molar-refractivity contribution in [3.8, 4) is 0 Å². The molecule has 1 fully saturated rings. The minimum Gasteiger partial charge on any atom is -0.393 e. The molecule has 2 atom stereocenters. The van der Waals surface area contributed by atoms with Crippen LogP contribution in [-0.4, -0.2) is 38.3 Å². The molecule has 2 heterocycles. The molecule has 1 aliphatic rings. The van der Waals surface area contributed by atoms with E-state index in [1.807, 2.05) is 19.9 Å². The number of aliphatic hydroxyl groups excluding tert-OH is 1. The molecule has 6 nitrogen and oxygen atoms in total. The van der Waals surface area contributed by atoms with Crippen LogP contribution >= 0.6 is 0 Å². The summed E-state index contributed by atoms with van der Waals surface area (Å²) in [7, 11) is 0. The number of nitrogens with zero attached hydrogens (tertiary/aromatic N) is 3. The molecule has 2 aromatic heterocycles. The Morgan fingerprint density at radius 2 is 2.29 bits per heavy atom. The van der Waals surface area contributed by atoms with Crippen molar-refractivity contribution in [2.75, 3.05) is 6.54 Å². The topological polar surface area (TPSA) is 79.5 Å². The zero-order valence-electron chi connectivity index (χ0n) is 12.3. The van der Waals surface area contributed by atoms with Gasteiger partial charge in [0.25, 0.3) is 5.91 Å². The van der Waals surface area contributed by atoms with Gasteiger partial charge in [0.15, 0.2) is 5.65 Å². The van der Waals surface area contributed by atoms with Crippen LogP contribution in [0.1, 0.15) is 41.0 Å². The molecule has 2 N–H and O–H groups in total. The highest BCUT2D eigenvalue weighted by Gasteiger charge is 2.24. The lowest BCUT2D eigenvalue weighted by Gasteiger charge is -2.10. The molecule has 0 aliphatic heterocycles. The van der Waals surface area contributed by atoms with E-state index >= 15 is 0 Å². The van der Waals surface area contributed by atoms with E-state index in [-0.39, 0.29) is 12.0 Å². The van der Waals surface area contributed by atoms with Crippen molar-refractivity contribution in [2.45, 2.75) is 39.2 Å². The van der Waals surface area contributed by atoms with E-state index in [0.717, 1.165) is 30.7 Å². The van der Waals surface area contributed by atoms with Gasteiger partial charge in [-0.2, -0.15) is 5.10 Å². The lowest BCUT2D eigenvalue weighted by molar-refractivity contribution is 0.0946. The fourth-order valence-electron chi connectivity index (χ4n) is 3.00. The monoisotopic (exact) mass is 288 g/mol. The summed E-state index contributed by atoms with van der Waals surface area (Å²) in [5, 5.41) is 16.7. The quantitative estimate of drug-likeness (QED) is 0.890. The molecule has 2 unspecified atom stereocenters. The van der Waals surface area contributed by atoms with Gasteiger partial charge >= 0.3 is 0 Å². The number of rotatable bonds is 3. The van der Waals surface area contributed by atoms with Crippen LogP contribution in [0.15, 0.2) is 12.3 Å². The van der Waals surface area contributed by atoms with E-state index in [1.54, 1.807) is 10.7 Å². The number of carbonyl (C=O) groups excluding carboxylic acids is 1. The van der Waals surface area contributed by atoms with Gasteiger partial charge in [-0.25, -0.2) is 9.50 Å². The van der Waals surface area contributed by atoms with E-state index in [0.29, 0.717) is 23.7 Å². The number of aryl methyl sites for hydroxylation is 2. The average molecular weight is 288 g/mol. The van der Waals surface area contributed by atoms with Gasteiger partial charge in [0.2, 0.25) is 0 Å². The van der Waals surface area contributed by atoms with Gasteiger partial charge in [0.05, 0.1) is 12.3 Å². The van der Waals surface area contributed by atoms with Crippen molar-refractivity contribution in [1.29, 1.82) is 0 Å². The Morgan fingerprint density at radius 3 is 3.00 bits per heavy atom. The Bertz CT molecular complexity index is 680. The molecule has 2 aromatic rings. The van der Waals surface area contributed by atoms with Crippen molar-refractivity contribution in [1.82, 2.24) is 19.9 Å². The second-order valence-corrected chi connectivity index (χ2v) is 5.88. The fourth-order valence-corrected chi connectivity index (χ4v) is 3.00. The molecule has 0 bridgehead atoms. The SMILES string of the molecule is Cc1cc(C)n2ncc(C(=O)NCC3CCC(O)C3)c2n1. The van der Waals surface area contributed by atoms with Gasteiger partial charge in [-0.3, -0.25) is 4.79 Å². The molecule has 0 aromatic carbocycles. The first-order chi connectivity index (χ1) is 10.0. The first kappa shape index (κ1) is 14.0. The van der Waals surface area contributed by atoms with Crippen LogP contribution in [0.3, 0.4) is 0 Å². The van der Waals surface area contributed by atoms with Gasteiger partial charge in [0, 0.05) is 17.9 Å². The first-order valence-electron chi connectivity index (χ1n) is 7.33. The Hall–Kier alpha value is -1.95. The van der Waals surface area contributed by atoms with Crippen molar-refractivity contribution >= 4 is 11.6 Å². The minimum atomic E-state index is -0.212. The summed E-state index contributed by atoms with van der Waals surface area (Å²) in [6, 6.07) is 1.93. The number of aliphatic hydroxyl groups is 1. The van der Waals surface area contributed by atoms with Gasteiger partial charge < -0.3 is 10.4 Å². The van der Waals surface area contributed by atoms with E-state index in [1.165, 1.54) is 0 Å². The molecule has 1 saturated carbocycles. The zero-order valence-corrected chi connectivity index (χ0v) is 12.3. The Morgan fingerprint density at radius 1 is 1.48 bits per heavy atom. The van der Waals surface area contributed by atoms with Crippen molar-refractivity contribution in [2.24, 2.45) is 5.92 Å². The number of hydrogen-bond donors (Lipinski definition) is 2. The molecule has 3 rings (SSSR count). The third-order valence-electron chi connectivity index (χ3n) is 4.09. The number of nitrogens with one attached hydrogen (secondary N) is 1. The largest absolute Gasteiger partial charge is 0.393 e. The number of carbonyl (C=O) groups is 1. The third-order valence-corrected chi connectivity index (χ3v) is 4.09. The number of amides is 1. The summed E-state index contributed by atoms with van der Waals surface area (Å²) >= 11 is 0. The maximum Gasteiger partial charge on any atom is 0.256 e. The minimum absolute atomic E-state index is 0.149. The highest BCUT2D eigenvalue weighted by Crippen LogP contribution is 2.24. The molecule has 0 spiro atoms. The molecule has 0 radical (unpaired) electrons. The molecule has 6 heteroatoms. The molecule has 1 aliphatic carbocycles. The number of hydrogen-bond acceptors (Lipinski definition) is 4. The number of aromatic nitrogens is 3. The van der Waals surface area contributed by atoms with Gasteiger partial charge in [-0.1, -0.05) is 0 Å². The Kier molecular flexibility index (Phi) is 3.63. The van der Waals surface area contributed by atoms with Crippen molar-refractivity contribution < 1.29 is 9.90 Å². The zero-order chi connectivity index (χ0) is 15.0. The predicted octanol–water partition coefficient (Wildman–Crippen LogP) is 1.24. The Balaban J connectivity index is 1.75. The van der Waals surface area contributed by atoms with Crippen molar-refractivity contribution in [3.05, 3.63) is 29.2 Å². The molecule has 112 valence electrons. The summed E-state index contributed by atoms with van der Waals surface area (Å²) < 4.78 is 1.68. The molecular weight excluding hydrogens is 268 g/mol. The Labute approximate surface area is 123 Å². The van der Waals surface area contributed by atoms with Gasteiger partial charge in [-0.05, 0) is 45.1 Å². The number of fused-ring (bicyclic) bond motifs is 1. The van der Waals surface area contributed by atoms with Crippen LogP contribution in [0.5, 0.6) is 0 Å². The smallest absolute Gasteiger partial charge is 0.256 e. The van der Waals surface area contributed by atoms with Crippen LogP contribution in [-0.2, 0) is 0 Å². The maximum absolute atomic E-state index is 12.3. The normalized spacial score (nSPS) is 21.9. The molecule has 1 amide bonds. The second-order valence-electron chi connectivity index (χ2n) is 5.88. The fraction of sp³-hybridized carbons (Fsp3) is 0.533. The van der Waals surface area contributed by atoms with E-state index in [2.05, 4.69) is 15.4 Å². The van der Waals surface area contributed by atoms with Crippen LogP contribution < -0.4 is 5.32 Å².